The smallest absolute Gasteiger partial charge is 0.183 e. The highest BCUT2D eigenvalue weighted by Crippen LogP contribution is 2.24. The second-order valence-corrected chi connectivity index (χ2v) is 5.84. The summed E-state index contributed by atoms with van der Waals surface area (Å²) in [4.78, 5) is 4.40. The van der Waals surface area contributed by atoms with E-state index < -0.39 is 0 Å². The fraction of sp³-hybridized carbons (Fsp3) is 0.190. The first kappa shape index (κ1) is 15.1. The van der Waals surface area contributed by atoms with Gasteiger partial charge in [0.05, 0.1) is 18.7 Å². The number of nitrogens with zero attached hydrogens (tertiary/aromatic N) is 1. The Morgan fingerprint density at radius 3 is 2.50 bits per heavy atom. The van der Waals surface area contributed by atoms with Gasteiger partial charge in [-0.15, -0.1) is 0 Å². The van der Waals surface area contributed by atoms with Gasteiger partial charge in [0.2, 0.25) is 0 Å². The summed E-state index contributed by atoms with van der Waals surface area (Å²) in [5.41, 5.74) is 4.40. The van der Waals surface area contributed by atoms with Crippen molar-refractivity contribution in [3.8, 4) is 0 Å². The number of aromatic nitrogens is 1. The summed E-state index contributed by atoms with van der Waals surface area (Å²) in [7, 11) is 0. The number of hydrogen-bond donors (Lipinski definition) is 0. The zero-order valence-corrected chi connectivity index (χ0v) is 13.4. The SMILES string of the molecule is C(=C\c1ccnc2ccccc12)/c1ccc(C2OCCCO2)cc1. The monoisotopic (exact) mass is 317 g/mol. The molecule has 0 radical (unpaired) electrons. The topological polar surface area (TPSA) is 31.4 Å². The van der Waals surface area contributed by atoms with Gasteiger partial charge in [-0.1, -0.05) is 54.6 Å². The first-order chi connectivity index (χ1) is 11.9. The molecule has 0 spiro atoms. The van der Waals surface area contributed by atoms with E-state index in [4.69, 9.17) is 9.47 Å². The Balaban J connectivity index is 1.55. The van der Waals surface area contributed by atoms with E-state index in [1.54, 1.807) is 0 Å². The highest BCUT2D eigenvalue weighted by molar-refractivity contribution is 5.90. The van der Waals surface area contributed by atoms with Gasteiger partial charge in [-0.3, -0.25) is 4.98 Å². The van der Waals surface area contributed by atoms with Crippen molar-refractivity contribution in [3.05, 3.63) is 77.5 Å². The molecule has 0 bridgehead atoms. The summed E-state index contributed by atoms with van der Waals surface area (Å²) >= 11 is 0. The van der Waals surface area contributed by atoms with E-state index in [0.717, 1.165) is 41.7 Å². The zero-order valence-electron chi connectivity index (χ0n) is 13.4. The van der Waals surface area contributed by atoms with Gasteiger partial charge in [-0.2, -0.15) is 0 Å². The molecule has 24 heavy (non-hydrogen) atoms. The van der Waals surface area contributed by atoms with Crippen molar-refractivity contribution in [2.24, 2.45) is 0 Å². The predicted molar refractivity (Wildman–Crippen MR) is 96.4 cm³/mol. The minimum Gasteiger partial charge on any atom is -0.348 e. The van der Waals surface area contributed by atoms with Crippen molar-refractivity contribution in [2.75, 3.05) is 13.2 Å². The third kappa shape index (κ3) is 3.23. The maximum absolute atomic E-state index is 5.63. The standard InChI is InChI=1S/C21H19NO2/c1-2-5-20-19(4-1)17(12-13-22-20)9-6-16-7-10-18(11-8-16)21-23-14-3-15-24-21/h1-2,4-13,21H,3,14-15H2/b9-6+. The lowest BCUT2D eigenvalue weighted by Crippen LogP contribution is -2.17. The maximum Gasteiger partial charge on any atom is 0.183 e. The number of ether oxygens (including phenoxy) is 2. The summed E-state index contributed by atoms with van der Waals surface area (Å²) in [6.07, 6.45) is 6.85. The number of benzene rings is 2. The number of para-hydroxylation sites is 1. The first-order valence-electron chi connectivity index (χ1n) is 8.25. The van der Waals surface area contributed by atoms with Crippen LogP contribution in [0.3, 0.4) is 0 Å². The van der Waals surface area contributed by atoms with Crippen molar-refractivity contribution in [3.63, 3.8) is 0 Å². The third-order valence-electron chi connectivity index (χ3n) is 4.17. The second kappa shape index (κ2) is 6.95. The lowest BCUT2D eigenvalue weighted by Gasteiger charge is -2.23. The van der Waals surface area contributed by atoms with Gasteiger partial charge >= 0.3 is 0 Å². The molecule has 1 aliphatic rings. The van der Waals surface area contributed by atoms with E-state index in [0.29, 0.717) is 0 Å². The Morgan fingerprint density at radius 2 is 1.67 bits per heavy atom. The molecule has 4 rings (SSSR count). The maximum atomic E-state index is 5.63. The van der Waals surface area contributed by atoms with Crippen molar-refractivity contribution in [2.45, 2.75) is 12.7 Å². The van der Waals surface area contributed by atoms with Crippen molar-refractivity contribution in [1.29, 1.82) is 0 Å². The van der Waals surface area contributed by atoms with Gasteiger partial charge in [0, 0.05) is 17.1 Å². The molecular weight excluding hydrogens is 298 g/mol. The minimum absolute atomic E-state index is 0.221. The number of rotatable bonds is 3. The van der Waals surface area contributed by atoms with Crippen LogP contribution in [0.2, 0.25) is 0 Å². The van der Waals surface area contributed by atoms with Crippen molar-refractivity contribution in [1.82, 2.24) is 4.98 Å². The molecule has 3 aromatic rings. The van der Waals surface area contributed by atoms with Gasteiger partial charge in [0.15, 0.2) is 6.29 Å². The highest BCUT2D eigenvalue weighted by Gasteiger charge is 2.15. The van der Waals surface area contributed by atoms with E-state index >= 15 is 0 Å². The normalized spacial score (nSPS) is 16.0. The summed E-state index contributed by atoms with van der Waals surface area (Å²) in [6.45, 7) is 1.53. The number of hydrogen-bond acceptors (Lipinski definition) is 3. The van der Waals surface area contributed by atoms with Crippen LogP contribution in [0.1, 0.15) is 29.4 Å². The molecule has 0 amide bonds. The van der Waals surface area contributed by atoms with Crippen LogP contribution in [-0.4, -0.2) is 18.2 Å². The van der Waals surface area contributed by atoms with Crippen molar-refractivity contribution < 1.29 is 9.47 Å². The van der Waals surface area contributed by atoms with E-state index in [1.165, 1.54) is 5.56 Å². The van der Waals surface area contributed by atoms with Gasteiger partial charge in [0.1, 0.15) is 0 Å². The van der Waals surface area contributed by atoms with Crippen LogP contribution in [0.5, 0.6) is 0 Å². The molecule has 3 nitrogen and oxygen atoms in total. The Kier molecular flexibility index (Phi) is 4.36. The first-order valence-corrected chi connectivity index (χ1v) is 8.25. The van der Waals surface area contributed by atoms with Gasteiger partial charge in [-0.25, -0.2) is 0 Å². The molecule has 3 heteroatoms. The molecular formula is C21H19NO2. The van der Waals surface area contributed by atoms with Crippen LogP contribution in [0, 0.1) is 0 Å². The Hall–Kier alpha value is -2.49. The molecule has 1 saturated heterocycles. The van der Waals surface area contributed by atoms with Crippen LogP contribution < -0.4 is 0 Å². The van der Waals surface area contributed by atoms with Crippen LogP contribution in [0.4, 0.5) is 0 Å². The molecule has 1 aliphatic heterocycles. The summed E-state index contributed by atoms with van der Waals surface area (Å²) in [5, 5.41) is 1.16. The highest BCUT2D eigenvalue weighted by atomic mass is 16.7. The lowest BCUT2D eigenvalue weighted by atomic mass is 10.1. The molecule has 2 heterocycles. The summed E-state index contributed by atoms with van der Waals surface area (Å²) in [5.74, 6) is 0. The second-order valence-electron chi connectivity index (χ2n) is 5.84. The van der Waals surface area contributed by atoms with E-state index in [9.17, 15) is 0 Å². The summed E-state index contributed by atoms with van der Waals surface area (Å²) in [6, 6.07) is 18.6. The summed E-state index contributed by atoms with van der Waals surface area (Å²) < 4.78 is 11.3. The zero-order chi connectivity index (χ0) is 16.2. The van der Waals surface area contributed by atoms with Gasteiger partial charge in [-0.05, 0) is 29.7 Å². The fourth-order valence-electron chi connectivity index (χ4n) is 2.89. The van der Waals surface area contributed by atoms with E-state index in [1.807, 2.05) is 30.5 Å². The van der Waals surface area contributed by atoms with E-state index in [2.05, 4.69) is 47.5 Å². The van der Waals surface area contributed by atoms with Crippen LogP contribution in [-0.2, 0) is 9.47 Å². The lowest BCUT2D eigenvalue weighted by molar-refractivity contribution is -0.183. The molecule has 1 aromatic heterocycles. The Bertz CT molecular complexity index is 844. The van der Waals surface area contributed by atoms with Crippen molar-refractivity contribution >= 4 is 23.1 Å². The quantitative estimate of drug-likeness (QED) is 0.692. The molecule has 0 aliphatic carbocycles. The molecule has 0 N–H and O–H groups in total. The molecule has 120 valence electrons. The molecule has 1 fully saturated rings. The average Bonchev–Trinajstić information content (AvgIpc) is 2.67. The number of fused-ring (bicyclic) bond motifs is 1. The predicted octanol–water partition coefficient (Wildman–Crippen LogP) is 4.84. The van der Waals surface area contributed by atoms with Crippen LogP contribution >= 0.6 is 0 Å². The van der Waals surface area contributed by atoms with Crippen LogP contribution in [0.15, 0.2) is 60.8 Å². The fourth-order valence-corrected chi connectivity index (χ4v) is 2.89. The van der Waals surface area contributed by atoms with E-state index in [-0.39, 0.29) is 6.29 Å². The van der Waals surface area contributed by atoms with Crippen LogP contribution in [0.25, 0.3) is 23.1 Å². The Labute approximate surface area is 141 Å². The largest absolute Gasteiger partial charge is 0.348 e. The minimum atomic E-state index is -0.221. The van der Waals surface area contributed by atoms with Gasteiger partial charge in [0.25, 0.3) is 0 Å². The molecule has 0 atom stereocenters. The Morgan fingerprint density at radius 1 is 0.875 bits per heavy atom. The molecule has 0 saturated carbocycles. The molecule has 0 unspecified atom stereocenters. The molecule has 2 aromatic carbocycles. The van der Waals surface area contributed by atoms with Gasteiger partial charge < -0.3 is 9.47 Å². The third-order valence-corrected chi connectivity index (χ3v) is 4.17. The average molecular weight is 317 g/mol. The number of pyridine rings is 1.